The van der Waals surface area contributed by atoms with E-state index in [1.165, 1.54) is 0 Å². The summed E-state index contributed by atoms with van der Waals surface area (Å²) in [5.41, 5.74) is 0. The van der Waals surface area contributed by atoms with Gasteiger partial charge in [-0.3, -0.25) is 9.59 Å². The number of rotatable bonds is 12. The molecule has 2 fully saturated rings. The summed E-state index contributed by atoms with van der Waals surface area (Å²) in [6.45, 7) is 0. The molecule has 0 aliphatic carbocycles. The molecule has 0 bridgehead atoms. The van der Waals surface area contributed by atoms with E-state index in [2.05, 4.69) is 16.0 Å². The Kier molecular flexibility index (Phi) is 8.58. The molecule has 3 atom stereocenters. The summed E-state index contributed by atoms with van der Waals surface area (Å²) in [6.07, 6.45) is 8.88. The lowest BCUT2D eigenvalue weighted by molar-refractivity contribution is -0.121. The minimum absolute atomic E-state index is 0.0363. The van der Waals surface area contributed by atoms with Gasteiger partial charge in [-0.1, -0.05) is 19.3 Å². The third kappa shape index (κ3) is 6.88. The largest absolute Gasteiger partial charge is 0.359 e. The van der Waals surface area contributed by atoms with Gasteiger partial charge in [0, 0.05) is 37.3 Å². The Bertz CT molecular complexity index is 472. The lowest BCUT2D eigenvalue weighted by Gasteiger charge is -2.16. The van der Waals surface area contributed by atoms with Gasteiger partial charge in [0.25, 0.3) is 0 Å². The third-order valence-electron chi connectivity index (χ3n) is 5.02. The van der Waals surface area contributed by atoms with Crippen LogP contribution in [0, 0.1) is 0 Å². The highest BCUT2D eigenvalue weighted by Gasteiger charge is 2.42. The number of fused-ring (bicyclic) bond motifs is 1. The minimum Gasteiger partial charge on any atom is -0.359 e. The number of unbranched alkanes of at least 4 members (excludes halogenated alkanes) is 4. The molecule has 2 aliphatic heterocycles. The molecule has 7 heteroatoms. The molecule has 3 N–H and O–H groups in total. The average Bonchev–Trinajstić information content (AvgIpc) is 3.14. The summed E-state index contributed by atoms with van der Waals surface area (Å²) in [5, 5.41) is 9.07. The van der Waals surface area contributed by atoms with Crippen LogP contribution in [-0.4, -0.2) is 47.9 Å². The van der Waals surface area contributed by atoms with Gasteiger partial charge in [-0.05, 0) is 25.7 Å². The molecule has 2 aliphatic rings. The van der Waals surface area contributed by atoms with Crippen LogP contribution in [-0.2, 0) is 9.59 Å². The van der Waals surface area contributed by atoms with Crippen LogP contribution in [0.25, 0.3) is 0 Å². The normalized spacial score (nSPS) is 24.5. The molecule has 0 saturated carbocycles. The number of ketones is 1. The second kappa shape index (κ2) is 10.7. The highest BCUT2D eigenvalue weighted by Crippen LogP contribution is 2.33. The maximum absolute atomic E-state index is 11.9. The first-order valence-corrected chi connectivity index (χ1v) is 10.6. The Balaban J connectivity index is 1.44. The Morgan fingerprint density at radius 1 is 1.04 bits per heavy atom. The van der Waals surface area contributed by atoms with E-state index in [0.29, 0.717) is 30.3 Å². The molecule has 25 heavy (non-hydrogen) atoms. The Morgan fingerprint density at radius 2 is 1.72 bits per heavy atom. The van der Waals surface area contributed by atoms with Crippen molar-refractivity contribution in [3.63, 3.8) is 0 Å². The number of thioether (sulfide) groups is 1. The van der Waals surface area contributed by atoms with Gasteiger partial charge in [-0.2, -0.15) is 11.8 Å². The summed E-state index contributed by atoms with van der Waals surface area (Å²) in [4.78, 5) is 34.3. The van der Waals surface area contributed by atoms with E-state index in [1.807, 2.05) is 11.8 Å². The van der Waals surface area contributed by atoms with Crippen molar-refractivity contribution in [1.29, 1.82) is 0 Å². The Hall–Kier alpha value is -1.24. The maximum atomic E-state index is 11.9. The molecule has 0 aromatic rings. The summed E-state index contributed by atoms with van der Waals surface area (Å²) < 4.78 is 0. The second-order valence-electron chi connectivity index (χ2n) is 6.99. The topological polar surface area (TPSA) is 87.3 Å². The first-order chi connectivity index (χ1) is 12.1. The summed E-state index contributed by atoms with van der Waals surface area (Å²) >= 11 is 1.93. The molecular formula is C18H31N3O3S. The predicted molar refractivity (Wildman–Crippen MR) is 101 cm³/mol. The van der Waals surface area contributed by atoms with Crippen molar-refractivity contribution in [2.24, 2.45) is 0 Å². The smallest absolute Gasteiger partial charge is 0.315 e. The lowest BCUT2D eigenvalue weighted by atomic mass is 10.0. The van der Waals surface area contributed by atoms with Crippen LogP contribution in [0.2, 0.25) is 0 Å². The number of hydrogen-bond acceptors (Lipinski definition) is 4. The first kappa shape index (κ1) is 20.1. The van der Waals surface area contributed by atoms with Gasteiger partial charge in [-0.25, -0.2) is 4.79 Å². The van der Waals surface area contributed by atoms with E-state index in [1.54, 1.807) is 7.05 Å². The standard InChI is InChI=1S/C18H31N3O3S/c1-19-16(23)11-5-3-2-4-8-13(22)9-6-7-10-15-17-14(12-25-15)20-18(24)21-17/h14-15,17H,2-12H2,1H3,(H,19,23)(H2,20,21,24). The number of Topliss-reactive ketones (excluding diaryl/α,β-unsaturated/α-hetero) is 1. The highest BCUT2D eigenvalue weighted by atomic mass is 32.2. The second-order valence-corrected chi connectivity index (χ2v) is 8.27. The zero-order valence-corrected chi connectivity index (χ0v) is 16.0. The van der Waals surface area contributed by atoms with Gasteiger partial charge >= 0.3 is 6.03 Å². The molecule has 2 saturated heterocycles. The van der Waals surface area contributed by atoms with Crippen LogP contribution in [0.5, 0.6) is 0 Å². The lowest BCUT2D eigenvalue weighted by Crippen LogP contribution is -2.36. The quantitative estimate of drug-likeness (QED) is 0.364. The van der Waals surface area contributed by atoms with Crippen molar-refractivity contribution in [1.82, 2.24) is 16.0 Å². The zero-order chi connectivity index (χ0) is 18.1. The van der Waals surface area contributed by atoms with Crippen LogP contribution in [0.1, 0.15) is 64.2 Å². The van der Waals surface area contributed by atoms with E-state index >= 15 is 0 Å². The summed E-state index contributed by atoms with van der Waals surface area (Å²) in [7, 11) is 1.66. The van der Waals surface area contributed by atoms with E-state index < -0.39 is 0 Å². The van der Waals surface area contributed by atoms with Gasteiger partial charge < -0.3 is 16.0 Å². The molecule has 0 spiro atoms. The Morgan fingerprint density at radius 3 is 2.44 bits per heavy atom. The number of hydrogen-bond donors (Lipinski definition) is 3. The van der Waals surface area contributed by atoms with Crippen molar-refractivity contribution < 1.29 is 14.4 Å². The van der Waals surface area contributed by atoms with Crippen LogP contribution in [0.3, 0.4) is 0 Å². The van der Waals surface area contributed by atoms with Gasteiger partial charge in [0.1, 0.15) is 5.78 Å². The van der Waals surface area contributed by atoms with Gasteiger partial charge in [0.05, 0.1) is 12.1 Å². The predicted octanol–water partition coefficient (Wildman–Crippen LogP) is 2.37. The molecule has 0 radical (unpaired) electrons. The molecule has 6 nitrogen and oxygen atoms in total. The van der Waals surface area contributed by atoms with Crippen LogP contribution in [0.4, 0.5) is 4.79 Å². The van der Waals surface area contributed by atoms with Gasteiger partial charge in [0.15, 0.2) is 0 Å². The van der Waals surface area contributed by atoms with E-state index in [-0.39, 0.29) is 24.0 Å². The van der Waals surface area contributed by atoms with Crippen molar-refractivity contribution >= 4 is 29.5 Å². The average molecular weight is 370 g/mol. The number of carbonyl (C=O) groups excluding carboxylic acids is 3. The SMILES string of the molecule is CNC(=O)CCCCCCC(=O)CCCCC1SCC2NC(=O)NC21. The summed E-state index contributed by atoms with van der Waals surface area (Å²) in [5.74, 6) is 1.45. The van der Waals surface area contributed by atoms with Crippen molar-refractivity contribution in [3.05, 3.63) is 0 Å². The molecule has 2 rings (SSSR count). The fraction of sp³-hybridized carbons (Fsp3) is 0.833. The zero-order valence-electron chi connectivity index (χ0n) is 15.1. The molecule has 3 amide bonds. The van der Waals surface area contributed by atoms with Crippen LogP contribution >= 0.6 is 11.8 Å². The fourth-order valence-electron chi connectivity index (χ4n) is 3.52. The highest BCUT2D eigenvalue weighted by molar-refractivity contribution is 8.00. The van der Waals surface area contributed by atoms with Crippen molar-refractivity contribution in [2.75, 3.05) is 12.8 Å². The van der Waals surface area contributed by atoms with Crippen molar-refractivity contribution in [3.8, 4) is 0 Å². The van der Waals surface area contributed by atoms with E-state index in [0.717, 1.165) is 50.7 Å². The fourth-order valence-corrected chi connectivity index (χ4v) is 5.07. The maximum Gasteiger partial charge on any atom is 0.315 e. The molecule has 0 aromatic carbocycles. The molecule has 3 unspecified atom stereocenters. The number of nitrogens with one attached hydrogen (secondary N) is 3. The monoisotopic (exact) mass is 369 g/mol. The molecule has 0 aromatic heterocycles. The van der Waals surface area contributed by atoms with Crippen molar-refractivity contribution in [2.45, 2.75) is 81.5 Å². The van der Waals surface area contributed by atoms with E-state index in [4.69, 9.17) is 0 Å². The van der Waals surface area contributed by atoms with Gasteiger partial charge in [0.2, 0.25) is 5.91 Å². The number of amides is 3. The number of carbonyl (C=O) groups is 3. The molecular weight excluding hydrogens is 338 g/mol. The van der Waals surface area contributed by atoms with Gasteiger partial charge in [-0.15, -0.1) is 0 Å². The first-order valence-electron chi connectivity index (χ1n) is 9.51. The Labute approximate surface area is 154 Å². The van der Waals surface area contributed by atoms with E-state index in [9.17, 15) is 14.4 Å². The number of urea groups is 1. The third-order valence-corrected chi connectivity index (χ3v) is 6.53. The summed E-state index contributed by atoms with van der Waals surface area (Å²) in [6, 6.07) is 0.515. The van der Waals surface area contributed by atoms with Crippen LogP contribution in [0.15, 0.2) is 0 Å². The van der Waals surface area contributed by atoms with Crippen LogP contribution < -0.4 is 16.0 Å². The molecule has 2 heterocycles. The minimum atomic E-state index is -0.0363. The molecule has 142 valence electrons.